The van der Waals surface area contributed by atoms with E-state index in [9.17, 15) is 0 Å². The van der Waals surface area contributed by atoms with Crippen LogP contribution in [0.3, 0.4) is 0 Å². The van der Waals surface area contributed by atoms with Gasteiger partial charge in [-0.3, -0.25) is 0 Å². The minimum absolute atomic E-state index is 1.05. The molecule has 4 rings (SSSR count). The molecule has 4 aromatic rings. The second kappa shape index (κ2) is 8.55. The monoisotopic (exact) mass is 404 g/mol. The predicted molar refractivity (Wildman–Crippen MR) is 136 cm³/mol. The fraction of sp³-hybridized carbons (Fsp3) is 0.226. The highest BCUT2D eigenvalue weighted by Crippen LogP contribution is 2.42. The number of rotatable bonds is 4. The van der Waals surface area contributed by atoms with Crippen LogP contribution in [0.4, 0.5) is 0 Å². The lowest BCUT2D eigenvalue weighted by molar-refractivity contribution is 1.14. The van der Waals surface area contributed by atoms with Crippen molar-refractivity contribution in [3.63, 3.8) is 0 Å². The van der Waals surface area contributed by atoms with E-state index in [0.29, 0.717) is 0 Å². The molecule has 0 heterocycles. The smallest absolute Gasteiger partial charge is 0.00706 e. The highest BCUT2D eigenvalue weighted by molar-refractivity contribution is 5.91. The van der Waals surface area contributed by atoms with Crippen LogP contribution in [0.25, 0.3) is 33.4 Å². The van der Waals surface area contributed by atoms with Crippen LogP contribution in [0.15, 0.2) is 72.8 Å². The molecule has 0 nitrogen and oxygen atoms in total. The van der Waals surface area contributed by atoms with Crippen molar-refractivity contribution in [2.75, 3.05) is 0 Å². The number of hydrogen-bond donors (Lipinski definition) is 0. The molecule has 0 N–H and O–H groups in total. The summed E-state index contributed by atoms with van der Waals surface area (Å²) in [6, 6.07) is 26.9. The maximum absolute atomic E-state index is 2.40. The van der Waals surface area contributed by atoms with Crippen molar-refractivity contribution in [2.24, 2.45) is 0 Å². The van der Waals surface area contributed by atoms with Gasteiger partial charge in [0.2, 0.25) is 0 Å². The quantitative estimate of drug-likeness (QED) is 0.319. The summed E-state index contributed by atoms with van der Waals surface area (Å²) in [5, 5.41) is 0. The lowest BCUT2D eigenvalue weighted by atomic mass is 9.83. The second-order valence-corrected chi connectivity index (χ2v) is 8.76. The first-order chi connectivity index (χ1) is 14.9. The SMILES string of the molecule is CCc1ccccc1-c1cc(C)c(-c2c(C)ccc(C)c2-c2ccccc2C)cc1C. The van der Waals surface area contributed by atoms with Crippen LogP contribution in [-0.2, 0) is 6.42 Å². The Labute approximate surface area is 187 Å². The highest BCUT2D eigenvalue weighted by atomic mass is 14.2. The van der Waals surface area contributed by atoms with E-state index in [1.807, 2.05) is 0 Å². The summed E-state index contributed by atoms with van der Waals surface area (Å²) in [5.41, 5.74) is 16.1. The first-order valence-corrected chi connectivity index (χ1v) is 11.3. The molecule has 31 heavy (non-hydrogen) atoms. The van der Waals surface area contributed by atoms with E-state index in [4.69, 9.17) is 0 Å². The summed E-state index contributed by atoms with van der Waals surface area (Å²) in [5.74, 6) is 0. The zero-order valence-corrected chi connectivity index (χ0v) is 19.6. The lowest BCUT2D eigenvalue weighted by Crippen LogP contribution is -1.98. The normalized spacial score (nSPS) is 11.0. The van der Waals surface area contributed by atoms with Crippen molar-refractivity contribution in [2.45, 2.75) is 48.0 Å². The maximum Gasteiger partial charge on any atom is -0.00706 e. The molecule has 0 unspecified atom stereocenters. The first kappa shape index (κ1) is 21.1. The van der Waals surface area contributed by atoms with Gasteiger partial charge in [-0.05, 0) is 108 Å². The molecule has 0 saturated heterocycles. The summed E-state index contributed by atoms with van der Waals surface area (Å²) in [6.07, 6.45) is 1.05. The van der Waals surface area contributed by atoms with Gasteiger partial charge in [-0.1, -0.05) is 79.7 Å². The summed E-state index contributed by atoms with van der Waals surface area (Å²) in [4.78, 5) is 0. The van der Waals surface area contributed by atoms with Crippen molar-refractivity contribution in [3.8, 4) is 33.4 Å². The Morgan fingerprint density at radius 1 is 0.452 bits per heavy atom. The third kappa shape index (κ3) is 3.83. The standard InChI is InChI=1S/C31H32/c1-7-25-13-9-11-15-27(25)28-18-24(6)29(19-23(28)5)31-22(4)17-16-21(3)30(31)26-14-10-8-12-20(26)2/h8-19H,7H2,1-6H3. The van der Waals surface area contributed by atoms with Gasteiger partial charge < -0.3 is 0 Å². The van der Waals surface area contributed by atoms with E-state index in [1.54, 1.807) is 0 Å². The van der Waals surface area contributed by atoms with Gasteiger partial charge in [0.1, 0.15) is 0 Å². The van der Waals surface area contributed by atoms with Crippen LogP contribution in [0.2, 0.25) is 0 Å². The molecule has 156 valence electrons. The zero-order chi connectivity index (χ0) is 22.1. The topological polar surface area (TPSA) is 0 Å². The molecule has 4 aromatic carbocycles. The van der Waals surface area contributed by atoms with Crippen molar-refractivity contribution in [1.82, 2.24) is 0 Å². The Bertz CT molecular complexity index is 1260. The van der Waals surface area contributed by atoms with Crippen molar-refractivity contribution < 1.29 is 0 Å². The highest BCUT2D eigenvalue weighted by Gasteiger charge is 2.18. The molecule has 0 saturated carbocycles. The van der Waals surface area contributed by atoms with E-state index in [-0.39, 0.29) is 0 Å². The van der Waals surface area contributed by atoms with E-state index < -0.39 is 0 Å². The van der Waals surface area contributed by atoms with Gasteiger partial charge in [0, 0.05) is 0 Å². The maximum atomic E-state index is 2.40. The van der Waals surface area contributed by atoms with Gasteiger partial charge >= 0.3 is 0 Å². The van der Waals surface area contributed by atoms with Gasteiger partial charge in [-0.25, -0.2) is 0 Å². The molecular weight excluding hydrogens is 372 g/mol. The summed E-state index contributed by atoms with van der Waals surface area (Å²) >= 11 is 0. The van der Waals surface area contributed by atoms with Gasteiger partial charge in [0.05, 0.1) is 0 Å². The Kier molecular flexibility index (Phi) is 5.83. The molecule has 0 aliphatic heterocycles. The Balaban J connectivity index is 1.98. The van der Waals surface area contributed by atoms with Crippen LogP contribution in [-0.4, -0.2) is 0 Å². The van der Waals surface area contributed by atoms with Crippen LogP contribution >= 0.6 is 0 Å². The summed E-state index contributed by atoms with van der Waals surface area (Å²) in [6.45, 7) is 13.4. The molecule has 0 radical (unpaired) electrons. The van der Waals surface area contributed by atoms with Crippen molar-refractivity contribution >= 4 is 0 Å². The predicted octanol–water partition coefficient (Wildman–Crippen LogP) is 8.79. The van der Waals surface area contributed by atoms with E-state index in [1.165, 1.54) is 66.8 Å². The molecule has 0 fully saturated rings. The molecular formula is C31H32. The molecule has 0 bridgehead atoms. The Hall–Kier alpha value is -3.12. The fourth-order valence-electron chi connectivity index (χ4n) is 4.83. The number of benzene rings is 4. The van der Waals surface area contributed by atoms with Crippen LogP contribution < -0.4 is 0 Å². The molecule has 0 amide bonds. The minimum Gasteiger partial charge on any atom is -0.0620 e. The van der Waals surface area contributed by atoms with Crippen LogP contribution in [0, 0.1) is 34.6 Å². The third-order valence-electron chi connectivity index (χ3n) is 6.57. The summed E-state index contributed by atoms with van der Waals surface area (Å²) < 4.78 is 0. The van der Waals surface area contributed by atoms with Crippen LogP contribution in [0.1, 0.15) is 40.3 Å². The Morgan fingerprint density at radius 2 is 0.968 bits per heavy atom. The van der Waals surface area contributed by atoms with Crippen molar-refractivity contribution in [3.05, 3.63) is 106 Å². The fourth-order valence-corrected chi connectivity index (χ4v) is 4.83. The second-order valence-electron chi connectivity index (χ2n) is 8.76. The molecule has 0 heteroatoms. The first-order valence-electron chi connectivity index (χ1n) is 11.3. The average molecular weight is 405 g/mol. The van der Waals surface area contributed by atoms with Gasteiger partial charge in [-0.15, -0.1) is 0 Å². The molecule has 0 aliphatic carbocycles. The Morgan fingerprint density at radius 3 is 1.61 bits per heavy atom. The molecule has 0 aliphatic rings. The number of aryl methyl sites for hydroxylation is 6. The minimum atomic E-state index is 1.05. The van der Waals surface area contributed by atoms with E-state index in [0.717, 1.165) is 6.42 Å². The van der Waals surface area contributed by atoms with Crippen molar-refractivity contribution in [1.29, 1.82) is 0 Å². The van der Waals surface area contributed by atoms with Gasteiger partial charge in [0.25, 0.3) is 0 Å². The average Bonchev–Trinajstić information content (AvgIpc) is 2.77. The molecule has 0 atom stereocenters. The van der Waals surface area contributed by atoms with Gasteiger partial charge in [0.15, 0.2) is 0 Å². The molecule has 0 aromatic heterocycles. The van der Waals surface area contributed by atoms with E-state index in [2.05, 4.69) is 114 Å². The van der Waals surface area contributed by atoms with Crippen LogP contribution in [0.5, 0.6) is 0 Å². The van der Waals surface area contributed by atoms with Gasteiger partial charge in [-0.2, -0.15) is 0 Å². The van der Waals surface area contributed by atoms with E-state index >= 15 is 0 Å². The molecule has 0 spiro atoms. The summed E-state index contributed by atoms with van der Waals surface area (Å²) in [7, 11) is 0. The third-order valence-corrected chi connectivity index (χ3v) is 6.57. The number of hydrogen-bond acceptors (Lipinski definition) is 0. The zero-order valence-electron chi connectivity index (χ0n) is 19.6. The lowest BCUT2D eigenvalue weighted by Gasteiger charge is -2.21. The largest absolute Gasteiger partial charge is 0.0620 e.